The number of nitrogens with zero attached hydrogens (tertiary/aromatic N) is 2. The molecule has 6 heteroatoms. The van der Waals surface area contributed by atoms with Crippen LogP contribution in [0, 0.1) is 11.7 Å². The van der Waals surface area contributed by atoms with E-state index in [2.05, 4.69) is 41.3 Å². The fourth-order valence-electron chi connectivity index (χ4n) is 3.00. The van der Waals surface area contributed by atoms with Crippen molar-refractivity contribution in [1.82, 2.24) is 15.5 Å². The maximum absolute atomic E-state index is 13.0. The van der Waals surface area contributed by atoms with Gasteiger partial charge in [-0.25, -0.2) is 9.38 Å². The number of benzene rings is 1. The molecular formula is C19H31FN4O. The predicted octanol–water partition coefficient (Wildman–Crippen LogP) is 2.24. The average molecular weight is 350 g/mol. The molecule has 1 unspecified atom stereocenters. The minimum atomic E-state index is -0.219. The van der Waals surface area contributed by atoms with Crippen molar-refractivity contribution in [3.8, 4) is 0 Å². The Kier molecular flexibility index (Phi) is 8.15. The second-order valence-corrected chi connectivity index (χ2v) is 6.66. The van der Waals surface area contributed by atoms with Crippen LogP contribution < -0.4 is 10.6 Å². The monoisotopic (exact) mass is 350 g/mol. The Bertz CT molecular complexity index is 527. The topological polar surface area (TPSA) is 48.9 Å². The molecule has 0 spiro atoms. The minimum absolute atomic E-state index is 0.219. The van der Waals surface area contributed by atoms with Crippen molar-refractivity contribution in [1.29, 1.82) is 0 Å². The van der Waals surface area contributed by atoms with Crippen molar-refractivity contribution in [3.05, 3.63) is 35.6 Å². The summed E-state index contributed by atoms with van der Waals surface area (Å²) in [6, 6.07) is 6.93. The molecule has 0 amide bonds. The van der Waals surface area contributed by atoms with Gasteiger partial charge in [-0.3, -0.25) is 4.90 Å². The van der Waals surface area contributed by atoms with Crippen LogP contribution in [0.2, 0.25) is 0 Å². The molecule has 1 heterocycles. The zero-order valence-electron chi connectivity index (χ0n) is 15.6. The summed E-state index contributed by atoms with van der Waals surface area (Å²) in [6.45, 7) is 12.3. The summed E-state index contributed by atoms with van der Waals surface area (Å²) in [5, 5.41) is 6.75. The Morgan fingerprint density at radius 2 is 1.88 bits per heavy atom. The van der Waals surface area contributed by atoms with Gasteiger partial charge in [0.15, 0.2) is 5.96 Å². The molecule has 140 valence electrons. The van der Waals surface area contributed by atoms with E-state index in [0.717, 1.165) is 50.9 Å². The molecule has 2 rings (SSSR count). The van der Waals surface area contributed by atoms with Crippen LogP contribution in [0.5, 0.6) is 0 Å². The summed E-state index contributed by atoms with van der Waals surface area (Å²) in [5.41, 5.74) is 0.993. The molecule has 1 aliphatic heterocycles. The third-order valence-electron chi connectivity index (χ3n) is 4.44. The highest BCUT2D eigenvalue weighted by Gasteiger charge is 2.23. The van der Waals surface area contributed by atoms with Crippen LogP contribution in [-0.2, 0) is 11.3 Å². The molecule has 1 aliphatic rings. The highest BCUT2D eigenvalue weighted by molar-refractivity contribution is 5.79. The van der Waals surface area contributed by atoms with Crippen molar-refractivity contribution >= 4 is 5.96 Å². The summed E-state index contributed by atoms with van der Waals surface area (Å²) in [5.74, 6) is 1.12. The van der Waals surface area contributed by atoms with E-state index >= 15 is 0 Å². The van der Waals surface area contributed by atoms with Gasteiger partial charge in [0.1, 0.15) is 5.82 Å². The minimum Gasteiger partial charge on any atom is -0.379 e. The van der Waals surface area contributed by atoms with Crippen molar-refractivity contribution in [2.45, 2.75) is 33.4 Å². The van der Waals surface area contributed by atoms with Gasteiger partial charge in [0.05, 0.1) is 19.8 Å². The average Bonchev–Trinajstić information content (AvgIpc) is 2.61. The predicted molar refractivity (Wildman–Crippen MR) is 100 cm³/mol. The summed E-state index contributed by atoms with van der Waals surface area (Å²) >= 11 is 0. The van der Waals surface area contributed by atoms with Gasteiger partial charge in [-0.05, 0) is 30.5 Å². The number of halogens is 1. The summed E-state index contributed by atoms with van der Waals surface area (Å²) in [4.78, 5) is 7.11. The SMILES string of the molecule is CCNC(=NCc1ccc(F)cc1)NCC(C(C)C)N1CCOCC1. The first-order valence-corrected chi connectivity index (χ1v) is 9.18. The lowest BCUT2D eigenvalue weighted by atomic mass is 10.0. The van der Waals surface area contributed by atoms with Gasteiger partial charge in [-0.15, -0.1) is 0 Å². The number of aliphatic imine (C=N–C) groups is 1. The second kappa shape index (κ2) is 10.4. The fourth-order valence-corrected chi connectivity index (χ4v) is 3.00. The molecule has 0 radical (unpaired) electrons. The Hall–Kier alpha value is -1.66. The van der Waals surface area contributed by atoms with E-state index < -0.39 is 0 Å². The molecule has 1 atom stereocenters. The van der Waals surface area contributed by atoms with Crippen molar-refractivity contribution in [2.24, 2.45) is 10.9 Å². The van der Waals surface area contributed by atoms with Gasteiger partial charge in [0, 0.05) is 32.2 Å². The summed E-state index contributed by atoms with van der Waals surface area (Å²) < 4.78 is 18.5. The lowest BCUT2D eigenvalue weighted by Crippen LogP contribution is -2.52. The van der Waals surface area contributed by atoms with Crippen LogP contribution >= 0.6 is 0 Å². The van der Waals surface area contributed by atoms with Crippen LogP contribution in [0.4, 0.5) is 4.39 Å². The second-order valence-electron chi connectivity index (χ2n) is 6.66. The third kappa shape index (κ3) is 6.63. The molecule has 0 aliphatic carbocycles. The Morgan fingerprint density at radius 1 is 1.20 bits per heavy atom. The van der Waals surface area contributed by atoms with Crippen molar-refractivity contribution in [3.63, 3.8) is 0 Å². The van der Waals surface area contributed by atoms with Crippen molar-refractivity contribution in [2.75, 3.05) is 39.4 Å². The van der Waals surface area contributed by atoms with Crippen LogP contribution in [0.25, 0.3) is 0 Å². The van der Waals surface area contributed by atoms with E-state index in [9.17, 15) is 4.39 Å². The van der Waals surface area contributed by atoms with Gasteiger partial charge < -0.3 is 15.4 Å². The molecule has 1 aromatic carbocycles. The zero-order chi connectivity index (χ0) is 18.1. The van der Waals surface area contributed by atoms with E-state index in [1.165, 1.54) is 12.1 Å². The number of hydrogen-bond donors (Lipinski definition) is 2. The molecule has 5 nitrogen and oxygen atoms in total. The van der Waals surface area contributed by atoms with E-state index in [0.29, 0.717) is 18.5 Å². The third-order valence-corrected chi connectivity index (χ3v) is 4.44. The number of rotatable bonds is 7. The first-order chi connectivity index (χ1) is 12.1. The van der Waals surface area contributed by atoms with Crippen LogP contribution in [0.3, 0.4) is 0 Å². The summed E-state index contributed by atoms with van der Waals surface area (Å²) in [7, 11) is 0. The largest absolute Gasteiger partial charge is 0.379 e. The highest BCUT2D eigenvalue weighted by atomic mass is 19.1. The van der Waals surface area contributed by atoms with Gasteiger partial charge in [0.2, 0.25) is 0 Å². The zero-order valence-corrected chi connectivity index (χ0v) is 15.6. The van der Waals surface area contributed by atoms with Gasteiger partial charge in [-0.2, -0.15) is 0 Å². The molecule has 2 N–H and O–H groups in total. The van der Waals surface area contributed by atoms with E-state index in [4.69, 9.17) is 4.74 Å². The molecule has 0 aromatic heterocycles. The van der Waals surface area contributed by atoms with Gasteiger partial charge in [0.25, 0.3) is 0 Å². The Labute approximate surface area is 150 Å². The van der Waals surface area contributed by atoms with Crippen LogP contribution in [0.1, 0.15) is 26.3 Å². The van der Waals surface area contributed by atoms with Crippen LogP contribution in [0.15, 0.2) is 29.3 Å². The Balaban J connectivity index is 1.93. The fraction of sp³-hybridized carbons (Fsp3) is 0.632. The number of guanidine groups is 1. The highest BCUT2D eigenvalue weighted by Crippen LogP contribution is 2.12. The quantitative estimate of drug-likeness (QED) is 0.585. The first-order valence-electron chi connectivity index (χ1n) is 9.18. The Morgan fingerprint density at radius 3 is 2.48 bits per heavy atom. The van der Waals surface area contributed by atoms with E-state index in [1.54, 1.807) is 12.1 Å². The molecule has 0 saturated carbocycles. The van der Waals surface area contributed by atoms with E-state index in [-0.39, 0.29) is 5.82 Å². The number of morpholine rings is 1. The molecule has 1 aromatic rings. The smallest absolute Gasteiger partial charge is 0.191 e. The van der Waals surface area contributed by atoms with Gasteiger partial charge in [-0.1, -0.05) is 26.0 Å². The molecular weight excluding hydrogens is 319 g/mol. The normalized spacial score (nSPS) is 17.6. The molecule has 1 saturated heterocycles. The van der Waals surface area contributed by atoms with E-state index in [1.807, 2.05) is 0 Å². The summed E-state index contributed by atoms with van der Waals surface area (Å²) in [6.07, 6.45) is 0. The number of hydrogen-bond acceptors (Lipinski definition) is 3. The maximum atomic E-state index is 13.0. The molecule has 1 fully saturated rings. The van der Waals surface area contributed by atoms with Crippen LogP contribution in [-0.4, -0.2) is 56.3 Å². The maximum Gasteiger partial charge on any atom is 0.191 e. The van der Waals surface area contributed by atoms with Gasteiger partial charge >= 0.3 is 0 Å². The van der Waals surface area contributed by atoms with Crippen molar-refractivity contribution < 1.29 is 9.13 Å². The first kappa shape index (κ1) is 19.7. The lowest BCUT2D eigenvalue weighted by molar-refractivity contribution is 0.00752. The molecule has 25 heavy (non-hydrogen) atoms. The molecule has 0 bridgehead atoms. The number of ether oxygens (including phenoxy) is 1. The lowest BCUT2D eigenvalue weighted by Gasteiger charge is -2.37. The standard InChI is InChI=1S/C19H31FN4O/c1-4-21-19(22-13-16-5-7-17(20)8-6-16)23-14-18(15(2)3)24-9-11-25-12-10-24/h5-8,15,18H,4,9-14H2,1-3H3,(H2,21,22,23). The number of nitrogens with one attached hydrogen (secondary N) is 2.